The Morgan fingerprint density at radius 3 is 2.66 bits per heavy atom. The van der Waals surface area contributed by atoms with Gasteiger partial charge in [0.25, 0.3) is 17.4 Å². The predicted molar refractivity (Wildman–Crippen MR) is 124 cm³/mol. The van der Waals surface area contributed by atoms with Crippen molar-refractivity contribution in [1.29, 1.82) is 0 Å². The van der Waals surface area contributed by atoms with E-state index in [2.05, 4.69) is 20.9 Å². The lowest BCUT2D eigenvalue weighted by atomic mass is 10.0. The molecule has 1 fully saturated rings. The highest BCUT2D eigenvalue weighted by atomic mass is 19.1. The van der Waals surface area contributed by atoms with Crippen molar-refractivity contribution in [2.24, 2.45) is 0 Å². The number of carbonyl (C=O) groups is 2. The topological polar surface area (TPSA) is 131 Å². The zero-order valence-electron chi connectivity index (χ0n) is 19.4. The van der Waals surface area contributed by atoms with Crippen molar-refractivity contribution < 1.29 is 19.1 Å². The molecule has 0 radical (unpaired) electrons. The molecule has 0 saturated heterocycles. The summed E-state index contributed by atoms with van der Waals surface area (Å²) in [5, 5.41) is 24.2. The first kappa shape index (κ1) is 24.3. The van der Waals surface area contributed by atoms with E-state index in [-0.39, 0.29) is 35.7 Å². The third-order valence-corrected chi connectivity index (χ3v) is 6.10. The fourth-order valence-electron chi connectivity index (χ4n) is 4.20. The van der Waals surface area contributed by atoms with Crippen LogP contribution in [0.25, 0.3) is 5.69 Å². The van der Waals surface area contributed by atoms with Crippen LogP contribution in [-0.4, -0.2) is 54.2 Å². The Morgan fingerprint density at radius 2 is 1.94 bits per heavy atom. The van der Waals surface area contributed by atoms with Crippen molar-refractivity contribution in [1.82, 2.24) is 30.2 Å². The van der Waals surface area contributed by atoms with E-state index >= 15 is 0 Å². The maximum atomic E-state index is 13.4. The van der Waals surface area contributed by atoms with Crippen LogP contribution < -0.4 is 16.2 Å². The van der Waals surface area contributed by atoms with Crippen LogP contribution in [0.5, 0.6) is 0 Å². The maximum Gasteiger partial charge on any atom is 0.273 e. The Kier molecular flexibility index (Phi) is 6.79. The summed E-state index contributed by atoms with van der Waals surface area (Å²) in [6.45, 7) is 2.93. The third kappa shape index (κ3) is 5.62. The average Bonchev–Trinajstić information content (AvgIpc) is 3.45. The van der Waals surface area contributed by atoms with Crippen LogP contribution in [0.4, 0.5) is 4.39 Å². The number of aliphatic hydroxyl groups is 1. The first-order valence-corrected chi connectivity index (χ1v) is 11.3. The Labute approximate surface area is 200 Å². The standard InChI is InChI=1S/C24H27FN6O4/c1-15-11-16(25)6-9-20(15)31-13-19(28-29-31)22(33)26-17-7-8-18(12-17)27-23(34)24(2,35)14-30-10-4-3-5-21(30)32/h3-6,9-11,13,17-18,35H,7-8,12,14H2,1-2H3,(H,26,33)(H,27,34)/t17-,18+,24?/m1/s1. The van der Waals surface area contributed by atoms with Gasteiger partial charge in [-0.15, -0.1) is 5.10 Å². The van der Waals surface area contributed by atoms with Crippen LogP contribution >= 0.6 is 0 Å². The Bertz CT molecular complexity index is 1300. The molecule has 2 heterocycles. The highest BCUT2D eigenvalue weighted by molar-refractivity contribution is 5.92. The van der Waals surface area contributed by atoms with E-state index in [4.69, 9.17) is 0 Å². The molecule has 3 aromatic rings. The van der Waals surface area contributed by atoms with Gasteiger partial charge in [-0.1, -0.05) is 11.3 Å². The monoisotopic (exact) mass is 482 g/mol. The molecule has 11 heteroatoms. The van der Waals surface area contributed by atoms with Crippen molar-refractivity contribution in [3.63, 3.8) is 0 Å². The number of hydrogen-bond acceptors (Lipinski definition) is 6. The van der Waals surface area contributed by atoms with Crippen molar-refractivity contribution in [3.05, 3.63) is 76.2 Å². The first-order valence-electron chi connectivity index (χ1n) is 11.3. The number of carbonyl (C=O) groups excluding carboxylic acids is 2. The summed E-state index contributed by atoms with van der Waals surface area (Å²) >= 11 is 0. The van der Waals surface area contributed by atoms with Gasteiger partial charge in [-0.25, -0.2) is 9.07 Å². The summed E-state index contributed by atoms with van der Waals surface area (Å²) in [7, 11) is 0. The van der Waals surface area contributed by atoms with Crippen LogP contribution in [-0.2, 0) is 11.3 Å². The van der Waals surface area contributed by atoms with Crippen molar-refractivity contribution in [2.75, 3.05) is 0 Å². The van der Waals surface area contributed by atoms with Gasteiger partial charge in [0.05, 0.1) is 18.4 Å². The summed E-state index contributed by atoms with van der Waals surface area (Å²) < 4.78 is 16.0. The van der Waals surface area contributed by atoms with Crippen molar-refractivity contribution in [3.8, 4) is 5.69 Å². The Morgan fingerprint density at radius 1 is 1.20 bits per heavy atom. The van der Waals surface area contributed by atoms with Crippen LogP contribution in [0.2, 0.25) is 0 Å². The second kappa shape index (κ2) is 9.79. The molecule has 184 valence electrons. The molecule has 0 spiro atoms. The van der Waals surface area contributed by atoms with Crippen LogP contribution in [0.3, 0.4) is 0 Å². The number of hydrogen-bond donors (Lipinski definition) is 3. The number of aryl methyl sites for hydroxylation is 1. The third-order valence-electron chi connectivity index (χ3n) is 6.10. The van der Waals surface area contributed by atoms with E-state index in [1.165, 1.54) is 46.8 Å². The first-order chi connectivity index (χ1) is 16.6. The molecule has 1 saturated carbocycles. The molecule has 35 heavy (non-hydrogen) atoms. The molecular formula is C24H27FN6O4. The largest absolute Gasteiger partial charge is 0.378 e. The molecule has 2 amide bonds. The molecule has 4 rings (SSSR count). The fraction of sp³-hybridized carbons (Fsp3) is 0.375. The number of pyridine rings is 1. The SMILES string of the molecule is Cc1cc(F)ccc1-n1cc(C(=O)N[C@@H]2CC[C@H](NC(=O)C(C)(O)Cn3ccccc3=O)C2)nn1. The summed E-state index contributed by atoms with van der Waals surface area (Å²) in [4.78, 5) is 37.2. The van der Waals surface area contributed by atoms with Crippen LogP contribution in [0, 0.1) is 12.7 Å². The zero-order chi connectivity index (χ0) is 25.2. The molecule has 1 unspecified atom stereocenters. The second-order valence-electron chi connectivity index (χ2n) is 9.07. The maximum absolute atomic E-state index is 13.4. The van der Waals surface area contributed by atoms with Gasteiger partial charge in [0.15, 0.2) is 11.3 Å². The molecule has 1 aliphatic carbocycles. The van der Waals surface area contributed by atoms with E-state index in [1.807, 2.05) is 0 Å². The Balaban J connectivity index is 1.31. The van der Waals surface area contributed by atoms with Gasteiger partial charge in [0, 0.05) is 24.3 Å². The zero-order valence-corrected chi connectivity index (χ0v) is 19.4. The summed E-state index contributed by atoms with van der Waals surface area (Å²) in [6, 6.07) is 8.43. The minimum absolute atomic E-state index is 0.123. The van der Waals surface area contributed by atoms with Gasteiger partial charge in [0.1, 0.15) is 5.82 Å². The molecular weight excluding hydrogens is 455 g/mol. The average molecular weight is 483 g/mol. The minimum Gasteiger partial charge on any atom is -0.378 e. The molecule has 1 aliphatic rings. The summed E-state index contributed by atoms with van der Waals surface area (Å²) in [6.07, 6.45) is 4.75. The smallest absolute Gasteiger partial charge is 0.273 e. The molecule has 2 aromatic heterocycles. The number of aromatic nitrogens is 4. The normalized spacial score (nSPS) is 19.2. The predicted octanol–water partition coefficient (Wildman–Crippen LogP) is 1.09. The molecule has 0 bridgehead atoms. The van der Waals surface area contributed by atoms with Gasteiger partial charge in [0.2, 0.25) is 0 Å². The van der Waals surface area contributed by atoms with E-state index in [0.29, 0.717) is 30.5 Å². The lowest BCUT2D eigenvalue weighted by molar-refractivity contribution is -0.140. The summed E-state index contributed by atoms with van der Waals surface area (Å²) in [5.41, 5.74) is -0.687. The molecule has 0 aliphatic heterocycles. The number of amides is 2. The fourth-order valence-corrected chi connectivity index (χ4v) is 4.20. The number of nitrogens with one attached hydrogen (secondary N) is 2. The van der Waals surface area contributed by atoms with E-state index in [0.717, 1.165) is 0 Å². The highest BCUT2D eigenvalue weighted by Gasteiger charge is 2.35. The lowest BCUT2D eigenvalue weighted by Crippen LogP contribution is -2.51. The van der Waals surface area contributed by atoms with Crippen molar-refractivity contribution >= 4 is 11.8 Å². The van der Waals surface area contributed by atoms with E-state index < -0.39 is 17.4 Å². The lowest BCUT2D eigenvalue weighted by Gasteiger charge is -2.25. The number of rotatable bonds is 7. The number of benzene rings is 1. The van der Waals surface area contributed by atoms with E-state index in [9.17, 15) is 23.9 Å². The van der Waals surface area contributed by atoms with Crippen LogP contribution in [0.15, 0.2) is 53.6 Å². The number of nitrogens with zero attached hydrogens (tertiary/aromatic N) is 4. The molecule has 1 aromatic carbocycles. The minimum atomic E-state index is -1.77. The number of halogens is 1. The summed E-state index contributed by atoms with van der Waals surface area (Å²) in [5.74, 6) is -1.34. The second-order valence-corrected chi connectivity index (χ2v) is 9.07. The Hall–Kier alpha value is -3.86. The van der Waals surface area contributed by atoms with Crippen LogP contribution in [0.1, 0.15) is 42.2 Å². The highest BCUT2D eigenvalue weighted by Crippen LogP contribution is 2.21. The molecule has 3 atom stereocenters. The van der Waals surface area contributed by atoms with E-state index in [1.54, 1.807) is 25.1 Å². The quantitative estimate of drug-likeness (QED) is 0.462. The molecule has 3 N–H and O–H groups in total. The van der Waals surface area contributed by atoms with Gasteiger partial charge >= 0.3 is 0 Å². The van der Waals surface area contributed by atoms with Gasteiger partial charge < -0.3 is 20.3 Å². The van der Waals surface area contributed by atoms with Gasteiger partial charge in [-0.3, -0.25) is 14.4 Å². The molecule has 10 nitrogen and oxygen atoms in total. The van der Waals surface area contributed by atoms with Crippen molar-refractivity contribution in [2.45, 2.75) is 57.3 Å². The van der Waals surface area contributed by atoms with Gasteiger partial charge in [-0.2, -0.15) is 0 Å². The van der Waals surface area contributed by atoms with Gasteiger partial charge in [-0.05, 0) is 62.9 Å².